The van der Waals surface area contributed by atoms with Crippen molar-refractivity contribution in [1.82, 2.24) is 0 Å². The lowest BCUT2D eigenvalue weighted by atomic mass is 9.82. The molecular weight excluding hydrogens is 676 g/mol. The van der Waals surface area contributed by atoms with Crippen LogP contribution in [0, 0.1) is 5.92 Å². The summed E-state index contributed by atoms with van der Waals surface area (Å²) >= 11 is 0. The first-order chi connectivity index (χ1) is 25.7. The van der Waals surface area contributed by atoms with Crippen LogP contribution in [0.25, 0.3) is 0 Å². The number of methoxy groups -OCH3 is 3. The third-order valence-corrected chi connectivity index (χ3v) is 9.44. The number of ketones is 1. The number of carbonyl (C=O) groups is 2. The Balaban J connectivity index is 1.46. The maximum Gasteiger partial charge on any atom is 0.338 e. The van der Waals surface area contributed by atoms with Gasteiger partial charge in [-0.1, -0.05) is 61.5 Å². The van der Waals surface area contributed by atoms with Crippen LogP contribution >= 0.6 is 0 Å². The number of hydrogen-bond acceptors (Lipinski definition) is 10. The van der Waals surface area contributed by atoms with Crippen LogP contribution in [-0.2, 0) is 48.3 Å². The fourth-order valence-electron chi connectivity index (χ4n) is 6.49. The summed E-state index contributed by atoms with van der Waals surface area (Å²) in [7, 11) is 4.86. The molecule has 0 amide bonds. The molecule has 1 aliphatic heterocycles. The van der Waals surface area contributed by atoms with E-state index in [4.69, 9.17) is 37.9 Å². The van der Waals surface area contributed by atoms with Crippen molar-refractivity contribution in [2.45, 2.75) is 83.6 Å². The number of ether oxygens (including phenoxy) is 8. The van der Waals surface area contributed by atoms with E-state index in [1.165, 1.54) is 6.92 Å². The van der Waals surface area contributed by atoms with Gasteiger partial charge in [-0.25, -0.2) is 4.79 Å². The molecule has 1 heterocycles. The predicted octanol–water partition coefficient (Wildman–Crippen LogP) is 7.40. The SMILES string of the molecule is COc1ccc(CO[C@@H]2[C@@H](C)[C@H]([C@H](OCc3ccc(OC)cc3)[C@@H](C)OC(=O)c3ccccc3)O[C@H](CC(C)=O)[C@H]2OCc2ccc(OC)cc2)cc1. The minimum Gasteiger partial charge on any atom is -0.497 e. The van der Waals surface area contributed by atoms with Crippen LogP contribution in [-0.4, -0.2) is 69.7 Å². The molecule has 4 aromatic rings. The van der Waals surface area contributed by atoms with Gasteiger partial charge in [0.2, 0.25) is 0 Å². The molecule has 0 saturated carbocycles. The van der Waals surface area contributed by atoms with E-state index in [9.17, 15) is 9.59 Å². The van der Waals surface area contributed by atoms with Crippen LogP contribution in [0.5, 0.6) is 17.2 Å². The fourth-order valence-corrected chi connectivity index (χ4v) is 6.49. The Morgan fingerprint density at radius 1 is 0.660 bits per heavy atom. The number of esters is 1. The van der Waals surface area contributed by atoms with Gasteiger partial charge in [-0.15, -0.1) is 0 Å². The van der Waals surface area contributed by atoms with Crippen molar-refractivity contribution in [3.63, 3.8) is 0 Å². The molecule has 4 aromatic carbocycles. The molecule has 0 unspecified atom stereocenters. The van der Waals surface area contributed by atoms with Crippen molar-refractivity contribution in [2.75, 3.05) is 21.3 Å². The van der Waals surface area contributed by atoms with Crippen molar-refractivity contribution >= 4 is 11.8 Å². The number of benzene rings is 4. The fraction of sp³-hybridized carbons (Fsp3) is 0.395. The maximum absolute atomic E-state index is 13.3. The normalized spacial score (nSPS) is 20.9. The van der Waals surface area contributed by atoms with Crippen LogP contribution < -0.4 is 14.2 Å². The van der Waals surface area contributed by atoms with Crippen molar-refractivity contribution in [3.05, 3.63) is 125 Å². The number of carbonyl (C=O) groups excluding carboxylic acids is 2. The Bertz CT molecular complexity index is 1710. The minimum atomic E-state index is -0.746. The average molecular weight is 727 g/mol. The first kappa shape index (κ1) is 39.5. The van der Waals surface area contributed by atoms with Crippen molar-refractivity contribution < 1.29 is 47.5 Å². The summed E-state index contributed by atoms with van der Waals surface area (Å²) in [5, 5.41) is 0. The lowest BCUT2D eigenvalue weighted by molar-refractivity contribution is -0.261. The van der Waals surface area contributed by atoms with Gasteiger partial charge in [0.25, 0.3) is 0 Å². The van der Waals surface area contributed by atoms with Crippen molar-refractivity contribution in [1.29, 1.82) is 0 Å². The highest BCUT2D eigenvalue weighted by molar-refractivity contribution is 5.89. The molecular formula is C43H50O10. The average Bonchev–Trinajstić information content (AvgIpc) is 3.18. The van der Waals surface area contributed by atoms with Crippen LogP contribution in [0.1, 0.15) is 54.2 Å². The summed E-state index contributed by atoms with van der Waals surface area (Å²) in [6.45, 7) is 6.10. The van der Waals surface area contributed by atoms with E-state index < -0.39 is 42.6 Å². The van der Waals surface area contributed by atoms with Gasteiger partial charge in [-0.05, 0) is 79.1 Å². The van der Waals surface area contributed by atoms with E-state index >= 15 is 0 Å². The largest absolute Gasteiger partial charge is 0.497 e. The third kappa shape index (κ3) is 10.9. The summed E-state index contributed by atoms with van der Waals surface area (Å²) in [6.07, 6.45) is -3.90. The monoisotopic (exact) mass is 726 g/mol. The zero-order valence-electron chi connectivity index (χ0n) is 31.3. The van der Waals surface area contributed by atoms with Crippen molar-refractivity contribution in [2.24, 2.45) is 5.92 Å². The van der Waals surface area contributed by atoms with E-state index in [0.717, 1.165) is 33.9 Å². The molecule has 10 heteroatoms. The Kier molecular flexibility index (Phi) is 14.4. The predicted molar refractivity (Wildman–Crippen MR) is 199 cm³/mol. The molecule has 7 atom stereocenters. The van der Waals surface area contributed by atoms with Gasteiger partial charge < -0.3 is 37.9 Å². The number of Topliss-reactive ketones (excluding diaryl/α,β-unsaturated/α-hetero) is 1. The minimum absolute atomic E-state index is 0.0606. The third-order valence-electron chi connectivity index (χ3n) is 9.44. The van der Waals surface area contributed by atoms with E-state index in [-0.39, 0.29) is 37.9 Å². The van der Waals surface area contributed by atoms with Gasteiger partial charge in [0.05, 0.1) is 65.0 Å². The summed E-state index contributed by atoms with van der Waals surface area (Å²) in [6, 6.07) is 31.7. The Morgan fingerprint density at radius 2 is 1.13 bits per heavy atom. The number of rotatable bonds is 18. The quantitative estimate of drug-likeness (QED) is 0.0964. The van der Waals surface area contributed by atoms with Gasteiger partial charge in [-0.2, -0.15) is 0 Å². The van der Waals surface area contributed by atoms with Gasteiger partial charge in [0.15, 0.2) is 0 Å². The summed E-state index contributed by atoms with van der Waals surface area (Å²) in [5.74, 6) is 1.33. The molecule has 0 aliphatic carbocycles. The molecule has 1 fully saturated rings. The smallest absolute Gasteiger partial charge is 0.338 e. The summed E-state index contributed by atoms with van der Waals surface area (Å²) in [4.78, 5) is 26.1. The van der Waals surface area contributed by atoms with E-state index in [0.29, 0.717) is 5.56 Å². The van der Waals surface area contributed by atoms with Gasteiger partial charge in [0, 0.05) is 12.3 Å². The lowest BCUT2D eigenvalue weighted by Gasteiger charge is -2.48. The van der Waals surface area contributed by atoms with Gasteiger partial charge in [-0.3, -0.25) is 4.79 Å². The first-order valence-corrected chi connectivity index (χ1v) is 17.8. The van der Waals surface area contributed by atoms with E-state index in [1.54, 1.807) is 52.5 Å². The highest BCUT2D eigenvalue weighted by atomic mass is 16.6. The zero-order chi connectivity index (χ0) is 37.7. The maximum atomic E-state index is 13.3. The second kappa shape index (κ2) is 19.4. The second-order valence-electron chi connectivity index (χ2n) is 13.3. The molecule has 0 spiro atoms. The van der Waals surface area contributed by atoms with Gasteiger partial charge >= 0.3 is 5.97 Å². The standard InChI is InChI=1S/C43H50O10/c1-28(44)24-38-42(51-27-33-16-22-37(48-6)23-17-33)39(49-25-31-12-18-35(46-4)19-13-31)29(2)40(53-38)41(50-26-32-14-20-36(47-5)21-15-32)30(3)52-43(45)34-10-8-7-9-11-34/h7-23,29-30,38-42H,24-27H2,1-6H3/t29-,30-,38-,39-,40-,41-,42-/m1/s1. The Hall–Kier alpha value is -4.74. The van der Waals surface area contributed by atoms with Gasteiger partial charge in [0.1, 0.15) is 41.3 Å². The summed E-state index contributed by atoms with van der Waals surface area (Å²) in [5.41, 5.74) is 3.19. The highest BCUT2D eigenvalue weighted by Gasteiger charge is 2.50. The molecule has 1 saturated heterocycles. The zero-order valence-corrected chi connectivity index (χ0v) is 31.3. The topological polar surface area (TPSA) is 108 Å². The molecule has 0 radical (unpaired) electrons. The highest BCUT2D eigenvalue weighted by Crippen LogP contribution is 2.37. The molecule has 282 valence electrons. The van der Waals surface area contributed by atoms with Crippen LogP contribution in [0.15, 0.2) is 103 Å². The first-order valence-electron chi connectivity index (χ1n) is 17.8. The van der Waals surface area contributed by atoms with Crippen LogP contribution in [0.4, 0.5) is 0 Å². The Morgan fingerprint density at radius 3 is 1.60 bits per heavy atom. The molecule has 0 N–H and O–H groups in total. The molecule has 1 aliphatic rings. The lowest BCUT2D eigenvalue weighted by Crippen LogP contribution is -2.60. The molecule has 53 heavy (non-hydrogen) atoms. The van der Waals surface area contributed by atoms with Crippen molar-refractivity contribution in [3.8, 4) is 17.2 Å². The molecule has 0 bridgehead atoms. The molecule has 10 nitrogen and oxygen atoms in total. The Labute approximate surface area is 312 Å². The van der Waals surface area contributed by atoms with Crippen LogP contribution in [0.2, 0.25) is 0 Å². The molecule has 0 aromatic heterocycles. The van der Waals surface area contributed by atoms with E-state index in [1.807, 2.05) is 85.8 Å². The van der Waals surface area contributed by atoms with Crippen LogP contribution in [0.3, 0.4) is 0 Å². The van der Waals surface area contributed by atoms with E-state index in [2.05, 4.69) is 0 Å². The second-order valence-corrected chi connectivity index (χ2v) is 13.3. The summed E-state index contributed by atoms with van der Waals surface area (Å²) < 4.78 is 48.9. The number of hydrogen-bond donors (Lipinski definition) is 0. The molecule has 5 rings (SSSR count).